The third kappa shape index (κ3) is 4.20. The molecule has 0 bridgehead atoms. The Morgan fingerprint density at radius 2 is 2.00 bits per heavy atom. The summed E-state index contributed by atoms with van der Waals surface area (Å²) >= 11 is 0. The normalized spacial score (nSPS) is 23.1. The summed E-state index contributed by atoms with van der Waals surface area (Å²) in [4.78, 5) is 24.0. The zero-order chi connectivity index (χ0) is 13.0. The van der Waals surface area contributed by atoms with Crippen molar-refractivity contribution in [3.63, 3.8) is 0 Å². The fraction of sp³-hybridized carbons (Fsp3) is 0.846. The zero-order valence-electron chi connectivity index (χ0n) is 10.7. The molecule has 1 heterocycles. The summed E-state index contributed by atoms with van der Waals surface area (Å²) in [5, 5.41) is 11.3. The van der Waals surface area contributed by atoms with E-state index in [1.165, 1.54) is 19.3 Å². The van der Waals surface area contributed by atoms with Crippen molar-refractivity contribution in [2.24, 2.45) is 11.8 Å². The molecule has 102 valence electrons. The molecule has 1 saturated heterocycles. The highest BCUT2D eigenvalue weighted by molar-refractivity contribution is 5.74. The minimum absolute atomic E-state index is 0.0290. The van der Waals surface area contributed by atoms with Crippen LogP contribution in [0.1, 0.15) is 38.5 Å². The molecule has 2 fully saturated rings. The van der Waals surface area contributed by atoms with Gasteiger partial charge >= 0.3 is 12.0 Å². The number of nitrogens with zero attached hydrogens (tertiary/aromatic N) is 1. The van der Waals surface area contributed by atoms with Crippen molar-refractivity contribution in [2.75, 3.05) is 19.6 Å². The second kappa shape index (κ2) is 6.07. The van der Waals surface area contributed by atoms with Crippen LogP contribution in [0.2, 0.25) is 0 Å². The van der Waals surface area contributed by atoms with Crippen LogP contribution >= 0.6 is 0 Å². The monoisotopic (exact) mass is 254 g/mol. The summed E-state index contributed by atoms with van der Waals surface area (Å²) < 4.78 is 0. The lowest BCUT2D eigenvalue weighted by Gasteiger charge is -2.17. The van der Waals surface area contributed by atoms with Crippen molar-refractivity contribution in [3.8, 4) is 0 Å². The molecule has 1 unspecified atom stereocenters. The number of carboxylic acid groups (broad SMARTS) is 1. The standard InChI is InChI=1S/C13H22N2O3/c16-12(17)2-1-6-14-13(18)15-7-5-11(9-15)8-10-3-4-10/h10-11H,1-9H2,(H,14,18)(H,16,17). The van der Waals surface area contributed by atoms with E-state index in [1.54, 1.807) is 0 Å². The van der Waals surface area contributed by atoms with Crippen molar-refractivity contribution >= 4 is 12.0 Å². The van der Waals surface area contributed by atoms with E-state index >= 15 is 0 Å². The summed E-state index contributed by atoms with van der Waals surface area (Å²) in [6.45, 7) is 2.18. The van der Waals surface area contributed by atoms with E-state index in [4.69, 9.17) is 5.11 Å². The van der Waals surface area contributed by atoms with E-state index in [-0.39, 0.29) is 12.5 Å². The topological polar surface area (TPSA) is 69.6 Å². The molecule has 18 heavy (non-hydrogen) atoms. The zero-order valence-corrected chi connectivity index (χ0v) is 10.7. The van der Waals surface area contributed by atoms with Crippen molar-refractivity contribution < 1.29 is 14.7 Å². The molecule has 0 radical (unpaired) electrons. The molecular weight excluding hydrogens is 232 g/mol. The van der Waals surface area contributed by atoms with Crippen LogP contribution in [0.25, 0.3) is 0 Å². The Hall–Kier alpha value is -1.26. The Kier molecular flexibility index (Phi) is 4.44. The first kappa shape index (κ1) is 13.2. The Bertz CT molecular complexity index is 315. The Labute approximate surface area is 108 Å². The Morgan fingerprint density at radius 3 is 2.67 bits per heavy atom. The molecule has 5 heteroatoms. The van der Waals surface area contributed by atoms with Crippen molar-refractivity contribution in [1.29, 1.82) is 0 Å². The molecule has 2 aliphatic rings. The minimum atomic E-state index is -0.810. The predicted octanol–water partition coefficient (Wildman–Crippen LogP) is 1.68. The molecule has 1 aliphatic heterocycles. The van der Waals surface area contributed by atoms with Gasteiger partial charge in [0.25, 0.3) is 0 Å². The van der Waals surface area contributed by atoms with Crippen molar-refractivity contribution in [2.45, 2.75) is 38.5 Å². The quantitative estimate of drug-likeness (QED) is 0.709. The molecule has 1 aliphatic carbocycles. The van der Waals surface area contributed by atoms with Gasteiger partial charge in [-0.15, -0.1) is 0 Å². The first-order chi connectivity index (χ1) is 8.65. The lowest BCUT2D eigenvalue weighted by atomic mass is 10.0. The number of amides is 2. The van der Waals surface area contributed by atoms with Crippen LogP contribution in [0.15, 0.2) is 0 Å². The van der Waals surface area contributed by atoms with Crippen LogP contribution in [0.3, 0.4) is 0 Å². The fourth-order valence-electron chi connectivity index (χ4n) is 2.58. The molecule has 0 aromatic heterocycles. The molecule has 5 nitrogen and oxygen atoms in total. The van der Waals surface area contributed by atoms with Gasteiger partial charge in [0.05, 0.1) is 0 Å². The Balaban J connectivity index is 1.59. The van der Waals surface area contributed by atoms with E-state index in [9.17, 15) is 9.59 Å². The maximum Gasteiger partial charge on any atom is 0.317 e. The third-order valence-corrected chi connectivity index (χ3v) is 3.78. The van der Waals surface area contributed by atoms with Gasteiger partial charge in [-0.1, -0.05) is 12.8 Å². The summed E-state index contributed by atoms with van der Waals surface area (Å²) in [7, 11) is 0. The number of rotatable bonds is 6. The smallest absolute Gasteiger partial charge is 0.317 e. The highest BCUT2D eigenvalue weighted by Gasteiger charge is 2.31. The number of carboxylic acids is 1. The van der Waals surface area contributed by atoms with Crippen LogP contribution < -0.4 is 5.32 Å². The van der Waals surface area contributed by atoms with Crippen LogP contribution in [-0.2, 0) is 4.79 Å². The highest BCUT2D eigenvalue weighted by Crippen LogP contribution is 2.37. The SMILES string of the molecule is O=C(O)CCCNC(=O)N1CCC(CC2CC2)C1. The number of urea groups is 1. The van der Waals surface area contributed by atoms with E-state index in [0.717, 1.165) is 25.4 Å². The van der Waals surface area contributed by atoms with Gasteiger partial charge < -0.3 is 15.3 Å². The van der Waals surface area contributed by atoms with Crippen LogP contribution in [-0.4, -0.2) is 41.6 Å². The molecule has 1 atom stereocenters. The van der Waals surface area contributed by atoms with Crippen LogP contribution in [0.4, 0.5) is 4.79 Å². The second-order valence-corrected chi connectivity index (χ2v) is 5.51. The largest absolute Gasteiger partial charge is 0.481 e. The molecular formula is C13H22N2O3. The van der Waals surface area contributed by atoms with E-state index in [0.29, 0.717) is 18.9 Å². The molecule has 1 saturated carbocycles. The maximum atomic E-state index is 11.8. The number of hydrogen-bond acceptors (Lipinski definition) is 2. The maximum absolute atomic E-state index is 11.8. The number of nitrogens with one attached hydrogen (secondary N) is 1. The summed E-state index contributed by atoms with van der Waals surface area (Å²) in [6.07, 6.45) is 5.77. The minimum Gasteiger partial charge on any atom is -0.481 e. The summed E-state index contributed by atoms with van der Waals surface area (Å²) in [5.41, 5.74) is 0. The first-order valence-corrected chi connectivity index (χ1v) is 6.89. The molecule has 0 aromatic rings. The number of aliphatic carboxylic acids is 1. The van der Waals surface area contributed by atoms with Crippen molar-refractivity contribution in [1.82, 2.24) is 10.2 Å². The fourth-order valence-corrected chi connectivity index (χ4v) is 2.58. The van der Waals surface area contributed by atoms with E-state index in [2.05, 4.69) is 5.32 Å². The van der Waals surface area contributed by atoms with Gasteiger partial charge in [-0.2, -0.15) is 0 Å². The van der Waals surface area contributed by atoms with Gasteiger partial charge in [-0.3, -0.25) is 4.79 Å². The van der Waals surface area contributed by atoms with Gasteiger partial charge in [0.1, 0.15) is 0 Å². The molecule has 2 rings (SSSR count). The first-order valence-electron chi connectivity index (χ1n) is 6.89. The van der Waals surface area contributed by atoms with Gasteiger partial charge in [0.2, 0.25) is 0 Å². The lowest BCUT2D eigenvalue weighted by molar-refractivity contribution is -0.137. The Morgan fingerprint density at radius 1 is 1.22 bits per heavy atom. The average Bonchev–Trinajstić information content (AvgIpc) is 3.00. The van der Waals surface area contributed by atoms with Gasteiger partial charge in [-0.25, -0.2) is 4.79 Å². The third-order valence-electron chi connectivity index (χ3n) is 3.78. The lowest BCUT2D eigenvalue weighted by Crippen LogP contribution is -2.39. The predicted molar refractivity (Wildman–Crippen MR) is 67.3 cm³/mol. The average molecular weight is 254 g/mol. The van der Waals surface area contributed by atoms with Gasteiger partial charge in [-0.05, 0) is 31.1 Å². The molecule has 2 N–H and O–H groups in total. The highest BCUT2D eigenvalue weighted by atomic mass is 16.4. The van der Waals surface area contributed by atoms with Crippen LogP contribution in [0.5, 0.6) is 0 Å². The molecule has 0 spiro atoms. The van der Waals surface area contributed by atoms with E-state index < -0.39 is 5.97 Å². The molecule has 0 aromatic carbocycles. The number of hydrogen-bond donors (Lipinski definition) is 2. The van der Waals surface area contributed by atoms with Crippen LogP contribution in [0, 0.1) is 11.8 Å². The molecule has 2 amide bonds. The number of carbonyl (C=O) groups excluding carboxylic acids is 1. The van der Waals surface area contributed by atoms with Crippen molar-refractivity contribution in [3.05, 3.63) is 0 Å². The van der Waals surface area contributed by atoms with Gasteiger partial charge in [0.15, 0.2) is 0 Å². The van der Waals surface area contributed by atoms with E-state index in [1.807, 2.05) is 4.90 Å². The number of likely N-dealkylation sites (tertiary alicyclic amines) is 1. The summed E-state index contributed by atoms with van der Waals surface area (Å²) in [6, 6.07) is -0.0290. The van der Waals surface area contributed by atoms with Gasteiger partial charge in [0, 0.05) is 26.1 Å². The number of carbonyl (C=O) groups is 2. The second-order valence-electron chi connectivity index (χ2n) is 5.51. The summed E-state index contributed by atoms with van der Waals surface area (Å²) in [5.74, 6) is 0.797.